The maximum atomic E-state index is 13.5. The van der Waals surface area contributed by atoms with Crippen LogP contribution < -0.4 is 5.32 Å². The molecule has 0 bridgehead atoms. The lowest BCUT2D eigenvalue weighted by Crippen LogP contribution is -2.14. The molecule has 0 atom stereocenters. The second-order valence-corrected chi connectivity index (χ2v) is 4.59. The van der Waals surface area contributed by atoms with E-state index in [2.05, 4.69) is 10.3 Å². The Balaban J connectivity index is 2.32. The first-order valence-electron chi connectivity index (χ1n) is 5.75. The van der Waals surface area contributed by atoms with Crippen molar-refractivity contribution < 1.29 is 14.1 Å². The second kappa shape index (κ2) is 5.84. The van der Waals surface area contributed by atoms with Crippen molar-refractivity contribution in [1.82, 2.24) is 4.98 Å². The van der Waals surface area contributed by atoms with E-state index in [1.165, 1.54) is 24.4 Å². The lowest BCUT2D eigenvalue weighted by molar-refractivity contribution is -0.384. The molecule has 0 fully saturated rings. The Morgan fingerprint density at radius 1 is 1.48 bits per heavy atom. The second-order valence-electron chi connectivity index (χ2n) is 4.19. The van der Waals surface area contributed by atoms with Gasteiger partial charge in [0, 0.05) is 18.0 Å². The fourth-order valence-corrected chi connectivity index (χ4v) is 1.92. The molecule has 0 aliphatic carbocycles. The van der Waals surface area contributed by atoms with Crippen molar-refractivity contribution in [3.63, 3.8) is 0 Å². The van der Waals surface area contributed by atoms with Crippen LogP contribution >= 0.6 is 11.6 Å². The summed E-state index contributed by atoms with van der Waals surface area (Å²) in [6.45, 7) is 1.57. The van der Waals surface area contributed by atoms with Gasteiger partial charge in [0.2, 0.25) is 0 Å². The quantitative estimate of drug-likeness (QED) is 0.696. The van der Waals surface area contributed by atoms with Gasteiger partial charge in [-0.25, -0.2) is 4.39 Å². The normalized spacial score (nSPS) is 10.2. The largest absolute Gasteiger partial charge is 0.322 e. The molecule has 0 aliphatic rings. The van der Waals surface area contributed by atoms with Crippen molar-refractivity contribution in [2.45, 2.75) is 6.92 Å². The van der Waals surface area contributed by atoms with E-state index in [4.69, 9.17) is 11.6 Å². The number of nitrogens with zero attached hydrogens (tertiary/aromatic N) is 2. The summed E-state index contributed by atoms with van der Waals surface area (Å²) in [5, 5.41) is 13.1. The van der Waals surface area contributed by atoms with Crippen LogP contribution in [0.15, 0.2) is 30.6 Å². The highest BCUT2D eigenvalue weighted by Crippen LogP contribution is 2.30. The standard InChI is InChI=1S/C13H9ClFN3O3/c1-7-4-12(18(20)21)9(14)5-11(7)17-13(19)8-2-3-16-6-10(8)15/h2-6H,1H3,(H,17,19). The van der Waals surface area contributed by atoms with Crippen molar-refractivity contribution in [1.29, 1.82) is 0 Å². The summed E-state index contributed by atoms with van der Waals surface area (Å²) in [5.74, 6) is -1.46. The molecule has 1 heterocycles. The van der Waals surface area contributed by atoms with E-state index in [9.17, 15) is 19.3 Å². The van der Waals surface area contributed by atoms with Gasteiger partial charge in [0.15, 0.2) is 5.82 Å². The number of hydrogen-bond donors (Lipinski definition) is 1. The van der Waals surface area contributed by atoms with Gasteiger partial charge in [0.25, 0.3) is 11.6 Å². The van der Waals surface area contributed by atoms with Crippen LogP contribution in [0.3, 0.4) is 0 Å². The molecule has 0 saturated heterocycles. The van der Waals surface area contributed by atoms with Crippen LogP contribution in [0.25, 0.3) is 0 Å². The van der Waals surface area contributed by atoms with Gasteiger partial charge in [-0.1, -0.05) is 11.6 Å². The summed E-state index contributed by atoms with van der Waals surface area (Å²) >= 11 is 5.78. The zero-order valence-corrected chi connectivity index (χ0v) is 11.5. The number of aromatic nitrogens is 1. The van der Waals surface area contributed by atoms with Crippen LogP contribution in [0.5, 0.6) is 0 Å². The summed E-state index contributed by atoms with van der Waals surface area (Å²) in [6.07, 6.45) is 2.21. The highest BCUT2D eigenvalue weighted by atomic mass is 35.5. The average molecular weight is 310 g/mol. The lowest BCUT2D eigenvalue weighted by Gasteiger charge is -2.09. The Labute approximate surface area is 123 Å². The van der Waals surface area contributed by atoms with E-state index in [0.29, 0.717) is 5.56 Å². The lowest BCUT2D eigenvalue weighted by atomic mass is 10.1. The summed E-state index contributed by atoms with van der Waals surface area (Å²) in [6, 6.07) is 3.72. The molecule has 1 N–H and O–H groups in total. The van der Waals surface area contributed by atoms with Gasteiger partial charge in [-0.2, -0.15) is 0 Å². The van der Waals surface area contributed by atoms with Gasteiger partial charge in [-0.3, -0.25) is 19.9 Å². The number of hydrogen-bond acceptors (Lipinski definition) is 4. The SMILES string of the molecule is Cc1cc([N+](=O)[O-])c(Cl)cc1NC(=O)c1ccncc1F. The Hall–Kier alpha value is -2.54. The van der Waals surface area contributed by atoms with Crippen LogP contribution in [0.4, 0.5) is 15.8 Å². The molecular weight excluding hydrogens is 301 g/mol. The Morgan fingerprint density at radius 3 is 2.81 bits per heavy atom. The van der Waals surface area contributed by atoms with Crippen LogP contribution in [-0.4, -0.2) is 15.8 Å². The molecule has 8 heteroatoms. The smallest absolute Gasteiger partial charge is 0.288 e. The molecule has 0 spiro atoms. The maximum Gasteiger partial charge on any atom is 0.288 e. The zero-order chi connectivity index (χ0) is 15.6. The third kappa shape index (κ3) is 3.14. The zero-order valence-electron chi connectivity index (χ0n) is 10.8. The summed E-state index contributed by atoms with van der Waals surface area (Å²) in [5.41, 5.74) is 0.266. The van der Waals surface area contributed by atoms with Crippen molar-refractivity contribution in [2.75, 3.05) is 5.32 Å². The number of nitro groups is 1. The molecule has 2 rings (SSSR count). The monoisotopic (exact) mass is 309 g/mol. The number of amides is 1. The molecule has 0 unspecified atom stereocenters. The molecule has 0 aliphatic heterocycles. The van der Waals surface area contributed by atoms with E-state index in [1.54, 1.807) is 6.92 Å². The molecule has 1 aromatic heterocycles. The fraction of sp³-hybridized carbons (Fsp3) is 0.0769. The highest BCUT2D eigenvalue weighted by molar-refractivity contribution is 6.33. The van der Waals surface area contributed by atoms with Crippen molar-refractivity contribution in [3.05, 3.63) is 62.7 Å². The molecule has 21 heavy (non-hydrogen) atoms. The average Bonchev–Trinajstić information content (AvgIpc) is 2.42. The van der Waals surface area contributed by atoms with Crippen molar-refractivity contribution >= 4 is 28.9 Å². The van der Waals surface area contributed by atoms with E-state index in [0.717, 1.165) is 6.20 Å². The first-order valence-corrected chi connectivity index (χ1v) is 6.13. The van der Waals surface area contributed by atoms with Crippen LogP contribution in [0.1, 0.15) is 15.9 Å². The molecule has 1 amide bonds. The number of halogens is 2. The Kier molecular flexibility index (Phi) is 4.13. The molecule has 108 valence electrons. The third-order valence-electron chi connectivity index (χ3n) is 2.76. The molecule has 0 radical (unpaired) electrons. The number of nitrogens with one attached hydrogen (secondary N) is 1. The van der Waals surface area contributed by atoms with E-state index >= 15 is 0 Å². The van der Waals surface area contributed by atoms with Gasteiger partial charge in [0.1, 0.15) is 5.02 Å². The molecule has 1 aromatic carbocycles. The number of rotatable bonds is 3. The van der Waals surface area contributed by atoms with Gasteiger partial charge in [0.05, 0.1) is 16.7 Å². The minimum Gasteiger partial charge on any atom is -0.322 e. The minimum atomic E-state index is -0.763. The molecule has 2 aromatic rings. The Bertz CT molecular complexity index is 737. The number of benzene rings is 1. The predicted octanol–water partition coefficient (Wildman–Crippen LogP) is 3.34. The number of carbonyl (C=O) groups is 1. The van der Waals surface area contributed by atoms with Crippen molar-refractivity contribution in [3.8, 4) is 0 Å². The first kappa shape index (κ1) is 14.9. The van der Waals surface area contributed by atoms with E-state index in [-0.39, 0.29) is 22.0 Å². The number of anilines is 1. The first-order chi connectivity index (χ1) is 9.90. The topological polar surface area (TPSA) is 85.1 Å². The fourth-order valence-electron chi connectivity index (χ4n) is 1.69. The summed E-state index contributed by atoms with van der Waals surface area (Å²) < 4.78 is 13.5. The number of pyridine rings is 1. The van der Waals surface area contributed by atoms with Crippen LogP contribution in [0.2, 0.25) is 5.02 Å². The minimum absolute atomic E-state index is 0.115. The van der Waals surface area contributed by atoms with Crippen molar-refractivity contribution in [2.24, 2.45) is 0 Å². The van der Waals surface area contributed by atoms with E-state index < -0.39 is 16.6 Å². The predicted molar refractivity (Wildman–Crippen MR) is 75.0 cm³/mol. The third-order valence-corrected chi connectivity index (χ3v) is 3.06. The Morgan fingerprint density at radius 2 is 2.19 bits per heavy atom. The van der Waals surface area contributed by atoms with Gasteiger partial charge in [-0.05, 0) is 24.6 Å². The van der Waals surface area contributed by atoms with Crippen LogP contribution in [0, 0.1) is 22.9 Å². The number of nitro benzene ring substituents is 1. The molecule has 0 saturated carbocycles. The maximum absolute atomic E-state index is 13.5. The molecule has 6 nitrogen and oxygen atoms in total. The van der Waals surface area contributed by atoms with Gasteiger partial charge < -0.3 is 5.32 Å². The molecular formula is C13H9ClFN3O3. The van der Waals surface area contributed by atoms with E-state index in [1.807, 2.05) is 0 Å². The van der Waals surface area contributed by atoms with Gasteiger partial charge >= 0.3 is 0 Å². The van der Waals surface area contributed by atoms with Gasteiger partial charge in [-0.15, -0.1) is 0 Å². The summed E-state index contributed by atoms with van der Waals surface area (Å²) in [4.78, 5) is 25.6. The number of carbonyl (C=O) groups excluding carboxylic acids is 1. The summed E-state index contributed by atoms with van der Waals surface area (Å²) in [7, 11) is 0. The van der Waals surface area contributed by atoms with Crippen LogP contribution in [-0.2, 0) is 0 Å². The number of aryl methyl sites for hydroxylation is 1. The highest BCUT2D eigenvalue weighted by Gasteiger charge is 2.17.